The summed E-state index contributed by atoms with van der Waals surface area (Å²) in [5, 5.41) is 7.32. The number of methoxy groups -OCH3 is 1. The number of nitrogens with zero attached hydrogens (tertiary/aromatic N) is 2. The van der Waals surface area contributed by atoms with Gasteiger partial charge in [0.05, 0.1) is 24.0 Å². The molecular formula is C12H23ClN4O3S. The second-order valence-electron chi connectivity index (χ2n) is 5.29. The number of nitrogens with one attached hydrogen (secondary N) is 2. The summed E-state index contributed by atoms with van der Waals surface area (Å²) in [7, 11) is -0.195. The van der Waals surface area contributed by atoms with Crippen LogP contribution < -0.4 is 10.0 Å². The average Bonchev–Trinajstić information content (AvgIpc) is 2.98. The number of sulfonamides is 1. The van der Waals surface area contributed by atoms with Gasteiger partial charge in [-0.25, -0.2) is 13.1 Å². The van der Waals surface area contributed by atoms with Crippen molar-refractivity contribution in [3.05, 3.63) is 11.9 Å². The summed E-state index contributed by atoms with van der Waals surface area (Å²) in [4.78, 5) is 0.227. The summed E-state index contributed by atoms with van der Waals surface area (Å²) in [6.45, 7) is 3.43. The van der Waals surface area contributed by atoms with Crippen LogP contribution in [0.25, 0.3) is 0 Å². The SMILES string of the molecule is COCC1(CNS(=O)(=O)c2cnn(C)c2C)CCCN1.Cl. The fourth-order valence-electron chi connectivity index (χ4n) is 2.52. The van der Waals surface area contributed by atoms with Gasteiger partial charge in [-0.1, -0.05) is 0 Å². The molecule has 7 nitrogen and oxygen atoms in total. The first-order chi connectivity index (χ1) is 9.40. The molecule has 0 aliphatic carbocycles. The van der Waals surface area contributed by atoms with Crippen LogP contribution in [0.3, 0.4) is 0 Å². The molecule has 0 radical (unpaired) electrons. The Hall–Kier alpha value is -0.670. The van der Waals surface area contributed by atoms with Gasteiger partial charge in [-0.05, 0) is 26.3 Å². The molecule has 0 saturated carbocycles. The van der Waals surface area contributed by atoms with Gasteiger partial charge in [0.1, 0.15) is 4.90 Å². The molecule has 122 valence electrons. The molecule has 2 rings (SSSR count). The maximum absolute atomic E-state index is 12.3. The van der Waals surface area contributed by atoms with E-state index in [9.17, 15) is 8.42 Å². The third kappa shape index (κ3) is 3.95. The molecule has 1 saturated heterocycles. The third-order valence-corrected chi connectivity index (χ3v) is 5.34. The average molecular weight is 339 g/mol. The van der Waals surface area contributed by atoms with Crippen LogP contribution in [0.1, 0.15) is 18.5 Å². The molecule has 0 spiro atoms. The van der Waals surface area contributed by atoms with E-state index in [1.54, 1.807) is 25.8 Å². The van der Waals surface area contributed by atoms with Gasteiger partial charge in [0.15, 0.2) is 0 Å². The highest BCUT2D eigenvalue weighted by molar-refractivity contribution is 7.89. The van der Waals surface area contributed by atoms with Crippen LogP contribution in [-0.2, 0) is 21.8 Å². The fourth-order valence-corrected chi connectivity index (χ4v) is 3.85. The van der Waals surface area contributed by atoms with E-state index < -0.39 is 10.0 Å². The molecule has 2 N–H and O–H groups in total. The quantitative estimate of drug-likeness (QED) is 0.774. The molecular weight excluding hydrogens is 316 g/mol. The Bertz CT molecular complexity index is 567. The van der Waals surface area contributed by atoms with Gasteiger partial charge in [-0.15, -0.1) is 12.4 Å². The van der Waals surface area contributed by atoms with Crippen LogP contribution in [0.15, 0.2) is 11.1 Å². The molecule has 1 unspecified atom stereocenters. The molecule has 21 heavy (non-hydrogen) atoms. The second-order valence-corrected chi connectivity index (χ2v) is 7.02. The van der Waals surface area contributed by atoms with Crippen molar-refractivity contribution in [1.82, 2.24) is 19.8 Å². The van der Waals surface area contributed by atoms with Gasteiger partial charge < -0.3 is 10.1 Å². The zero-order chi connectivity index (χ0) is 14.8. The first-order valence-corrected chi connectivity index (χ1v) is 8.11. The van der Waals surface area contributed by atoms with Gasteiger partial charge in [0, 0.05) is 20.7 Å². The monoisotopic (exact) mass is 338 g/mol. The number of hydrogen-bond acceptors (Lipinski definition) is 5. The van der Waals surface area contributed by atoms with E-state index in [4.69, 9.17) is 4.74 Å². The normalized spacial score (nSPS) is 22.2. The predicted octanol–water partition coefficient (Wildman–Crippen LogP) is 0.197. The van der Waals surface area contributed by atoms with E-state index in [-0.39, 0.29) is 22.8 Å². The smallest absolute Gasteiger partial charge is 0.244 e. The Morgan fingerprint density at radius 3 is 2.76 bits per heavy atom. The number of hydrogen-bond donors (Lipinski definition) is 2. The van der Waals surface area contributed by atoms with Crippen LogP contribution in [0.4, 0.5) is 0 Å². The maximum Gasteiger partial charge on any atom is 0.244 e. The Kier molecular flexibility index (Phi) is 6.18. The first-order valence-electron chi connectivity index (χ1n) is 6.62. The van der Waals surface area contributed by atoms with Crippen LogP contribution in [0, 0.1) is 6.92 Å². The van der Waals surface area contributed by atoms with Gasteiger partial charge in [-0.3, -0.25) is 4.68 Å². The molecule has 1 aliphatic heterocycles. The largest absolute Gasteiger partial charge is 0.383 e. The van der Waals surface area contributed by atoms with E-state index >= 15 is 0 Å². The summed E-state index contributed by atoms with van der Waals surface area (Å²) in [6, 6.07) is 0. The minimum absolute atomic E-state index is 0. The maximum atomic E-state index is 12.3. The molecule has 0 aromatic carbocycles. The van der Waals surface area contributed by atoms with Crippen molar-refractivity contribution in [1.29, 1.82) is 0 Å². The van der Waals surface area contributed by atoms with Crippen molar-refractivity contribution >= 4 is 22.4 Å². The molecule has 9 heteroatoms. The lowest BCUT2D eigenvalue weighted by Crippen LogP contribution is -2.52. The standard InChI is InChI=1S/C12H22N4O3S.ClH/c1-10-11(7-14-16(10)2)20(17,18)15-8-12(9-19-3)5-4-6-13-12;/h7,13,15H,4-6,8-9H2,1-3H3;1H. The minimum atomic E-state index is -3.54. The highest BCUT2D eigenvalue weighted by Gasteiger charge is 2.35. The number of aromatic nitrogens is 2. The Morgan fingerprint density at radius 2 is 2.29 bits per heavy atom. The second kappa shape index (κ2) is 7.06. The van der Waals surface area contributed by atoms with Crippen molar-refractivity contribution in [3.8, 4) is 0 Å². The zero-order valence-electron chi connectivity index (χ0n) is 12.5. The molecule has 1 aromatic rings. The fraction of sp³-hybridized carbons (Fsp3) is 0.750. The van der Waals surface area contributed by atoms with E-state index in [0.29, 0.717) is 18.8 Å². The number of halogens is 1. The van der Waals surface area contributed by atoms with Gasteiger partial charge in [0.25, 0.3) is 0 Å². The van der Waals surface area contributed by atoms with Crippen molar-refractivity contribution in [2.24, 2.45) is 7.05 Å². The van der Waals surface area contributed by atoms with Gasteiger partial charge >= 0.3 is 0 Å². The summed E-state index contributed by atoms with van der Waals surface area (Å²) < 4.78 is 34.1. The molecule has 1 aliphatic rings. The lowest BCUT2D eigenvalue weighted by Gasteiger charge is -2.28. The highest BCUT2D eigenvalue weighted by atomic mass is 35.5. The molecule has 0 bridgehead atoms. The number of ether oxygens (including phenoxy) is 1. The molecule has 2 heterocycles. The Labute approximate surface area is 131 Å². The van der Waals surface area contributed by atoms with Crippen molar-refractivity contribution in [3.63, 3.8) is 0 Å². The van der Waals surface area contributed by atoms with Crippen molar-refractivity contribution in [2.75, 3.05) is 26.8 Å². The predicted molar refractivity (Wildman–Crippen MR) is 82.2 cm³/mol. The van der Waals surface area contributed by atoms with E-state index in [2.05, 4.69) is 15.1 Å². The zero-order valence-corrected chi connectivity index (χ0v) is 14.2. The summed E-state index contributed by atoms with van der Waals surface area (Å²) in [5.74, 6) is 0. The van der Waals surface area contributed by atoms with E-state index in [0.717, 1.165) is 19.4 Å². The first kappa shape index (κ1) is 18.4. The molecule has 1 aromatic heterocycles. The Balaban J connectivity index is 0.00000220. The molecule has 1 fully saturated rings. The topological polar surface area (TPSA) is 85.2 Å². The number of rotatable bonds is 6. The van der Waals surface area contributed by atoms with Crippen molar-refractivity contribution in [2.45, 2.75) is 30.2 Å². The highest BCUT2D eigenvalue weighted by Crippen LogP contribution is 2.20. The van der Waals surface area contributed by atoms with Crippen LogP contribution in [0.5, 0.6) is 0 Å². The lowest BCUT2D eigenvalue weighted by atomic mass is 9.99. The van der Waals surface area contributed by atoms with Crippen molar-refractivity contribution < 1.29 is 13.2 Å². The van der Waals surface area contributed by atoms with Crippen LogP contribution >= 0.6 is 12.4 Å². The van der Waals surface area contributed by atoms with Gasteiger partial charge in [-0.2, -0.15) is 5.10 Å². The Morgan fingerprint density at radius 1 is 1.57 bits per heavy atom. The van der Waals surface area contributed by atoms with Crippen LogP contribution in [0.2, 0.25) is 0 Å². The molecule has 0 amide bonds. The lowest BCUT2D eigenvalue weighted by molar-refractivity contribution is 0.122. The summed E-state index contributed by atoms with van der Waals surface area (Å²) >= 11 is 0. The van der Waals surface area contributed by atoms with E-state index in [1.807, 2.05) is 0 Å². The van der Waals surface area contributed by atoms with Crippen LogP contribution in [-0.4, -0.2) is 50.5 Å². The van der Waals surface area contributed by atoms with Gasteiger partial charge in [0.2, 0.25) is 10.0 Å². The summed E-state index contributed by atoms with van der Waals surface area (Å²) in [6.07, 6.45) is 3.30. The minimum Gasteiger partial charge on any atom is -0.383 e. The third-order valence-electron chi connectivity index (χ3n) is 3.83. The van der Waals surface area contributed by atoms with E-state index in [1.165, 1.54) is 6.20 Å². The number of aryl methyl sites for hydroxylation is 1. The summed E-state index contributed by atoms with van der Waals surface area (Å²) in [5.41, 5.74) is 0.315. The molecule has 1 atom stereocenters.